The van der Waals surface area contributed by atoms with E-state index in [2.05, 4.69) is 38.2 Å². The van der Waals surface area contributed by atoms with Gasteiger partial charge in [-0.1, -0.05) is 50.9 Å². The third-order valence-corrected chi connectivity index (χ3v) is 3.52. The summed E-state index contributed by atoms with van der Waals surface area (Å²) in [6, 6.07) is 8.28. The van der Waals surface area contributed by atoms with E-state index in [1.807, 2.05) is 12.1 Å². The van der Waals surface area contributed by atoms with E-state index < -0.39 is 0 Å². The zero-order valence-corrected chi connectivity index (χ0v) is 12.6. The second kappa shape index (κ2) is 8.55. The molecule has 2 heteroatoms. The Bertz CT molecular complexity index is 318. The minimum absolute atomic E-state index is 0.730. The summed E-state index contributed by atoms with van der Waals surface area (Å²) in [5, 5.41) is 4.30. The molecule has 1 rings (SSSR count). The summed E-state index contributed by atoms with van der Waals surface area (Å²) in [5.41, 5.74) is 1.39. The van der Waals surface area contributed by atoms with Crippen LogP contribution >= 0.6 is 11.6 Å². The first-order chi connectivity index (χ1) is 8.61. The fraction of sp³-hybridized carbons (Fsp3) is 0.625. The van der Waals surface area contributed by atoms with E-state index in [4.69, 9.17) is 11.6 Å². The summed E-state index contributed by atoms with van der Waals surface area (Å²) >= 11 is 5.92. The van der Waals surface area contributed by atoms with E-state index in [1.165, 1.54) is 18.4 Å². The van der Waals surface area contributed by atoms with Crippen LogP contribution in [0.4, 0.5) is 0 Å². The molecule has 1 nitrogen and oxygen atoms in total. The first-order valence-electron chi connectivity index (χ1n) is 7.07. The van der Waals surface area contributed by atoms with Gasteiger partial charge in [0, 0.05) is 5.02 Å². The molecular formula is C16H26ClN. The maximum atomic E-state index is 5.92. The van der Waals surface area contributed by atoms with E-state index in [-0.39, 0.29) is 0 Å². The molecule has 102 valence electrons. The van der Waals surface area contributed by atoms with Crippen molar-refractivity contribution in [1.82, 2.24) is 5.32 Å². The fourth-order valence-corrected chi connectivity index (χ4v) is 2.27. The largest absolute Gasteiger partial charge is 0.317 e. The maximum absolute atomic E-state index is 5.92. The molecule has 0 saturated heterocycles. The van der Waals surface area contributed by atoms with Crippen molar-refractivity contribution in [3.8, 4) is 0 Å². The van der Waals surface area contributed by atoms with Crippen molar-refractivity contribution in [3.05, 3.63) is 34.9 Å². The van der Waals surface area contributed by atoms with E-state index in [1.54, 1.807) is 0 Å². The molecule has 0 aliphatic rings. The Morgan fingerprint density at radius 1 is 1.11 bits per heavy atom. The lowest BCUT2D eigenvalue weighted by Crippen LogP contribution is -2.24. The van der Waals surface area contributed by atoms with E-state index in [0.29, 0.717) is 0 Å². The van der Waals surface area contributed by atoms with Crippen molar-refractivity contribution in [3.63, 3.8) is 0 Å². The highest BCUT2D eigenvalue weighted by atomic mass is 35.5. The van der Waals surface area contributed by atoms with Gasteiger partial charge in [-0.05, 0) is 55.5 Å². The minimum atomic E-state index is 0.730. The zero-order chi connectivity index (χ0) is 13.4. The average molecular weight is 268 g/mol. The van der Waals surface area contributed by atoms with Crippen LogP contribution < -0.4 is 5.32 Å². The molecule has 0 spiro atoms. The lowest BCUT2D eigenvalue weighted by Gasteiger charge is -2.18. The third kappa shape index (κ3) is 6.42. The Morgan fingerprint density at radius 2 is 1.78 bits per heavy atom. The molecule has 1 atom stereocenters. The number of hydrogen-bond acceptors (Lipinski definition) is 1. The monoisotopic (exact) mass is 267 g/mol. The molecule has 0 aromatic heterocycles. The molecule has 0 bridgehead atoms. The van der Waals surface area contributed by atoms with Gasteiger partial charge in [0.1, 0.15) is 0 Å². The Kier molecular flexibility index (Phi) is 7.38. The van der Waals surface area contributed by atoms with E-state index in [0.717, 1.165) is 36.4 Å². The summed E-state index contributed by atoms with van der Waals surface area (Å²) in [5.74, 6) is 1.52. The zero-order valence-electron chi connectivity index (χ0n) is 11.9. The van der Waals surface area contributed by atoms with Crippen LogP contribution in [0, 0.1) is 11.8 Å². The van der Waals surface area contributed by atoms with Gasteiger partial charge in [0.15, 0.2) is 0 Å². The van der Waals surface area contributed by atoms with Gasteiger partial charge in [0.05, 0.1) is 0 Å². The number of benzene rings is 1. The lowest BCUT2D eigenvalue weighted by atomic mass is 9.92. The predicted octanol–water partition coefficient (Wildman–Crippen LogP) is 4.54. The molecule has 0 fully saturated rings. The molecule has 1 N–H and O–H groups in total. The molecule has 1 unspecified atom stereocenters. The van der Waals surface area contributed by atoms with E-state index in [9.17, 15) is 0 Å². The second-order valence-corrected chi connectivity index (χ2v) is 5.91. The smallest absolute Gasteiger partial charge is 0.0406 e. The third-order valence-electron chi connectivity index (χ3n) is 3.27. The Morgan fingerprint density at radius 3 is 2.33 bits per heavy atom. The molecule has 0 radical (unpaired) electrons. The van der Waals surface area contributed by atoms with Crippen LogP contribution in [-0.4, -0.2) is 13.1 Å². The fourth-order valence-electron chi connectivity index (χ4n) is 2.15. The maximum Gasteiger partial charge on any atom is 0.0406 e. The molecular weight excluding hydrogens is 242 g/mol. The van der Waals surface area contributed by atoms with Crippen LogP contribution in [0.1, 0.15) is 39.2 Å². The topological polar surface area (TPSA) is 12.0 Å². The molecule has 1 aromatic carbocycles. The number of hydrogen-bond donors (Lipinski definition) is 1. The minimum Gasteiger partial charge on any atom is -0.317 e. The van der Waals surface area contributed by atoms with Gasteiger partial charge < -0.3 is 5.32 Å². The van der Waals surface area contributed by atoms with Gasteiger partial charge in [0.2, 0.25) is 0 Å². The van der Waals surface area contributed by atoms with Crippen LogP contribution in [0.5, 0.6) is 0 Å². The van der Waals surface area contributed by atoms with E-state index >= 15 is 0 Å². The molecule has 0 saturated carbocycles. The van der Waals surface area contributed by atoms with Crippen molar-refractivity contribution in [1.29, 1.82) is 0 Å². The van der Waals surface area contributed by atoms with Crippen LogP contribution in [0.2, 0.25) is 5.02 Å². The Balaban J connectivity index is 2.50. The Hall–Kier alpha value is -0.530. The summed E-state index contributed by atoms with van der Waals surface area (Å²) in [6.45, 7) is 8.94. The van der Waals surface area contributed by atoms with Gasteiger partial charge in [-0.2, -0.15) is 0 Å². The van der Waals surface area contributed by atoms with Gasteiger partial charge in [-0.25, -0.2) is 0 Å². The average Bonchev–Trinajstić information content (AvgIpc) is 2.35. The van der Waals surface area contributed by atoms with Gasteiger partial charge in [-0.3, -0.25) is 0 Å². The summed E-state index contributed by atoms with van der Waals surface area (Å²) in [6.07, 6.45) is 3.76. The first-order valence-corrected chi connectivity index (χ1v) is 7.44. The van der Waals surface area contributed by atoms with Crippen LogP contribution in [-0.2, 0) is 6.42 Å². The highest BCUT2D eigenvalue weighted by Gasteiger charge is 2.10. The van der Waals surface area contributed by atoms with Crippen LogP contribution in [0.3, 0.4) is 0 Å². The van der Waals surface area contributed by atoms with Gasteiger partial charge in [0.25, 0.3) is 0 Å². The molecule has 0 heterocycles. The number of nitrogens with one attached hydrogen (secondary N) is 1. The molecule has 0 aliphatic carbocycles. The predicted molar refractivity (Wildman–Crippen MR) is 81.3 cm³/mol. The summed E-state index contributed by atoms with van der Waals surface area (Å²) in [7, 11) is 0. The van der Waals surface area contributed by atoms with Crippen molar-refractivity contribution in [2.24, 2.45) is 11.8 Å². The molecule has 1 aromatic rings. The van der Waals surface area contributed by atoms with Crippen LogP contribution in [0.15, 0.2) is 24.3 Å². The van der Waals surface area contributed by atoms with Crippen molar-refractivity contribution >= 4 is 11.6 Å². The van der Waals surface area contributed by atoms with Crippen molar-refractivity contribution < 1.29 is 0 Å². The number of rotatable bonds is 8. The number of halogens is 1. The lowest BCUT2D eigenvalue weighted by molar-refractivity contribution is 0.402. The van der Waals surface area contributed by atoms with Crippen molar-refractivity contribution in [2.45, 2.75) is 40.0 Å². The first kappa shape index (κ1) is 15.5. The second-order valence-electron chi connectivity index (χ2n) is 5.48. The normalized spacial score (nSPS) is 12.9. The summed E-state index contributed by atoms with van der Waals surface area (Å²) < 4.78 is 0. The standard InChI is InChI=1S/C16H26ClN/c1-4-18-12-15(6-5-13(2)3)11-14-7-9-16(17)10-8-14/h7-10,13,15,18H,4-6,11-12H2,1-3H3. The SMILES string of the molecule is CCNCC(CCC(C)C)Cc1ccc(Cl)cc1. The van der Waals surface area contributed by atoms with Gasteiger partial charge in [-0.15, -0.1) is 0 Å². The van der Waals surface area contributed by atoms with Crippen LogP contribution in [0.25, 0.3) is 0 Å². The quantitative estimate of drug-likeness (QED) is 0.729. The van der Waals surface area contributed by atoms with Gasteiger partial charge >= 0.3 is 0 Å². The molecule has 0 amide bonds. The molecule has 0 aliphatic heterocycles. The highest BCUT2D eigenvalue weighted by Crippen LogP contribution is 2.18. The Labute approximate surface area is 117 Å². The highest BCUT2D eigenvalue weighted by molar-refractivity contribution is 6.30. The molecule has 18 heavy (non-hydrogen) atoms. The van der Waals surface area contributed by atoms with Crippen molar-refractivity contribution in [2.75, 3.05) is 13.1 Å². The summed E-state index contributed by atoms with van der Waals surface area (Å²) in [4.78, 5) is 0.